The molecule has 0 aromatic heterocycles. The van der Waals surface area contributed by atoms with Crippen LogP contribution in [0.2, 0.25) is 0 Å². The Balaban J connectivity index is 1.35. The third-order valence-electron chi connectivity index (χ3n) is 7.42. The molecule has 3 aliphatic rings. The van der Waals surface area contributed by atoms with Crippen molar-refractivity contribution in [3.05, 3.63) is 35.4 Å². The maximum absolute atomic E-state index is 13.2. The van der Waals surface area contributed by atoms with Crippen molar-refractivity contribution >= 4 is 11.9 Å². The highest BCUT2D eigenvalue weighted by atomic mass is 16.2. The molecule has 0 radical (unpaired) electrons. The van der Waals surface area contributed by atoms with E-state index in [9.17, 15) is 9.59 Å². The highest BCUT2D eigenvalue weighted by Crippen LogP contribution is 2.28. The molecule has 6 heteroatoms. The van der Waals surface area contributed by atoms with Crippen molar-refractivity contribution in [1.82, 2.24) is 20.0 Å². The van der Waals surface area contributed by atoms with E-state index in [0.29, 0.717) is 0 Å². The molecule has 1 saturated carbocycles. The molecule has 32 heavy (non-hydrogen) atoms. The first-order valence-corrected chi connectivity index (χ1v) is 12.7. The number of piperazine rings is 1. The minimum absolute atomic E-state index is 0.0211. The summed E-state index contributed by atoms with van der Waals surface area (Å²) in [5.74, 6) is 0.443. The predicted octanol–water partition coefficient (Wildman–Crippen LogP) is 4.07. The van der Waals surface area contributed by atoms with Crippen LogP contribution in [0.1, 0.15) is 80.6 Å². The lowest BCUT2D eigenvalue weighted by Crippen LogP contribution is -2.52. The molecular formula is C26H40N4O2. The normalized spacial score (nSPS) is 23.4. The molecule has 1 aromatic carbocycles. The van der Waals surface area contributed by atoms with Crippen molar-refractivity contribution in [3.63, 3.8) is 0 Å². The van der Waals surface area contributed by atoms with Crippen LogP contribution in [-0.2, 0) is 0 Å². The van der Waals surface area contributed by atoms with Crippen LogP contribution < -0.4 is 5.32 Å². The van der Waals surface area contributed by atoms with Crippen LogP contribution in [0.5, 0.6) is 0 Å². The Morgan fingerprint density at radius 1 is 0.906 bits per heavy atom. The first-order valence-electron chi connectivity index (χ1n) is 12.7. The molecule has 1 N–H and O–H groups in total. The Morgan fingerprint density at radius 3 is 2.38 bits per heavy atom. The van der Waals surface area contributed by atoms with E-state index in [4.69, 9.17) is 0 Å². The zero-order valence-corrected chi connectivity index (χ0v) is 19.9. The van der Waals surface area contributed by atoms with Crippen LogP contribution in [0.3, 0.4) is 0 Å². The predicted molar refractivity (Wildman–Crippen MR) is 128 cm³/mol. The molecule has 0 bridgehead atoms. The number of hydrogen-bond acceptors (Lipinski definition) is 3. The SMILES string of the molecule is CC(C)NC(=O)N1CCCC(c2cccc(C(=O)N3CCN(C4CCCCC4)CC3)c2)C1. The molecule has 2 aliphatic heterocycles. The quantitative estimate of drug-likeness (QED) is 0.768. The van der Waals surface area contributed by atoms with Crippen LogP contribution in [0.15, 0.2) is 24.3 Å². The minimum atomic E-state index is 0.0211. The van der Waals surface area contributed by atoms with E-state index in [1.165, 1.54) is 37.7 Å². The Morgan fingerprint density at radius 2 is 1.66 bits per heavy atom. The van der Waals surface area contributed by atoms with E-state index in [-0.39, 0.29) is 23.9 Å². The lowest BCUT2D eigenvalue weighted by Gasteiger charge is -2.40. The second kappa shape index (κ2) is 10.7. The van der Waals surface area contributed by atoms with Crippen molar-refractivity contribution in [2.24, 2.45) is 0 Å². The van der Waals surface area contributed by atoms with Crippen molar-refractivity contribution in [2.45, 2.75) is 76.8 Å². The Bertz CT molecular complexity index is 782. The van der Waals surface area contributed by atoms with Crippen LogP contribution in [0.4, 0.5) is 4.79 Å². The number of rotatable bonds is 4. The van der Waals surface area contributed by atoms with E-state index in [1.54, 1.807) is 0 Å². The van der Waals surface area contributed by atoms with Crippen molar-refractivity contribution in [2.75, 3.05) is 39.3 Å². The molecule has 4 rings (SSSR count). The fourth-order valence-corrected chi connectivity index (χ4v) is 5.62. The van der Waals surface area contributed by atoms with Crippen molar-refractivity contribution < 1.29 is 9.59 Å². The number of piperidine rings is 1. The molecule has 6 nitrogen and oxygen atoms in total. The summed E-state index contributed by atoms with van der Waals surface area (Å²) in [5, 5.41) is 3.01. The first-order chi connectivity index (χ1) is 15.5. The summed E-state index contributed by atoms with van der Waals surface area (Å²) < 4.78 is 0. The van der Waals surface area contributed by atoms with Gasteiger partial charge >= 0.3 is 6.03 Å². The van der Waals surface area contributed by atoms with Crippen LogP contribution in [0.25, 0.3) is 0 Å². The topological polar surface area (TPSA) is 55.9 Å². The summed E-state index contributed by atoms with van der Waals surface area (Å²) in [6.07, 6.45) is 8.79. The van der Waals surface area contributed by atoms with Gasteiger partial charge in [-0.3, -0.25) is 9.69 Å². The third-order valence-corrected chi connectivity index (χ3v) is 7.42. The van der Waals surface area contributed by atoms with Gasteiger partial charge < -0.3 is 15.1 Å². The van der Waals surface area contributed by atoms with Crippen LogP contribution in [-0.4, -0.2) is 78.0 Å². The van der Waals surface area contributed by atoms with Crippen LogP contribution in [0, 0.1) is 0 Å². The summed E-state index contributed by atoms with van der Waals surface area (Å²) >= 11 is 0. The van der Waals surface area contributed by atoms with Crippen molar-refractivity contribution in [1.29, 1.82) is 0 Å². The number of benzene rings is 1. The number of nitrogens with zero attached hydrogens (tertiary/aromatic N) is 3. The number of carbonyl (C=O) groups excluding carboxylic acids is 2. The maximum atomic E-state index is 13.2. The number of carbonyl (C=O) groups is 2. The fraction of sp³-hybridized carbons (Fsp3) is 0.692. The molecule has 3 fully saturated rings. The molecule has 1 aromatic rings. The lowest BCUT2D eigenvalue weighted by molar-refractivity contribution is 0.0523. The van der Waals surface area contributed by atoms with Crippen molar-refractivity contribution in [3.8, 4) is 0 Å². The van der Waals surface area contributed by atoms with Gasteiger partial charge in [-0.15, -0.1) is 0 Å². The number of hydrogen-bond donors (Lipinski definition) is 1. The van der Waals surface area contributed by atoms with Gasteiger partial charge in [-0.25, -0.2) is 4.79 Å². The zero-order valence-electron chi connectivity index (χ0n) is 19.9. The molecular weight excluding hydrogens is 400 g/mol. The van der Waals surface area contributed by atoms with E-state index in [2.05, 4.69) is 22.3 Å². The molecule has 176 valence electrons. The number of likely N-dealkylation sites (tertiary alicyclic amines) is 1. The van der Waals surface area contributed by atoms with Crippen LogP contribution >= 0.6 is 0 Å². The summed E-state index contributed by atoms with van der Waals surface area (Å²) in [5.41, 5.74) is 1.97. The number of nitrogens with one attached hydrogen (secondary N) is 1. The van der Waals surface area contributed by atoms with E-state index >= 15 is 0 Å². The standard InChI is InChI=1S/C26H40N4O2/c1-20(2)27-26(32)30-13-7-10-23(19-30)21-8-6-9-22(18-21)25(31)29-16-14-28(15-17-29)24-11-4-3-5-12-24/h6,8-9,18,20,23-24H,3-5,7,10-17,19H2,1-2H3,(H,27,32). The zero-order chi connectivity index (χ0) is 22.5. The van der Waals surface area contributed by atoms with Gasteiger partial charge in [0.25, 0.3) is 5.91 Å². The van der Waals surface area contributed by atoms with E-state index in [0.717, 1.165) is 63.7 Å². The summed E-state index contributed by atoms with van der Waals surface area (Å²) in [7, 11) is 0. The summed E-state index contributed by atoms with van der Waals surface area (Å²) in [6.45, 7) is 9.15. The van der Waals surface area contributed by atoms with Gasteiger partial charge in [0.15, 0.2) is 0 Å². The highest BCUT2D eigenvalue weighted by Gasteiger charge is 2.29. The number of urea groups is 1. The van der Waals surface area contributed by atoms with Gasteiger partial charge in [0.05, 0.1) is 0 Å². The smallest absolute Gasteiger partial charge is 0.317 e. The van der Waals surface area contributed by atoms with Gasteiger partial charge in [0, 0.05) is 62.8 Å². The molecule has 2 saturated heterocycles. The third kappa shape index (κ3) is 5.64. The highest BCUT2D eigenvalue weighted by molar-refractivity contribution is 5.94. The van der Waals surface area contributed by atoms with Gasteiger partial charge in [-0.05, 0) is 57.2 Å². The van der Waals surface area contributed by atoms with Gasteiger partial charge in [-0.2, -0.15) is 0 Å². The molecule has 1 aliphatic carbocycles. The Labute approximate surface area is 193 Å². The first kappa shape index (κ1) is 23.1. The Kier molecular flexibility index (Phi) is 7.71. The number of amides is 3. The molecule has 1 atom stereocenters. The maximum Gasteiger partial charge on any atom is 0.317 e. The van der Waals surface area contributed by atoms with Gasteiger partial charge in [-0.1, -0.05) is 31.4 Å². The van der Waals surface area contributed by atoms with E-state index < -0.39 is 0 Å². The molecule has 0 spiro atoms. The van der Waals surface area contributed by atoms with Gasteiger partial charge in [0.2, 0.25) is 0 Å². The van der Waals surface area contributed by atoms with Gasteiger partial charge in [0.1, 0.15) is 0 Å². The largest absolute Gasteiger partial charge is 0.336 e. The molecule has 1 unspecified atom stereocenters. The summed E-state index contributed by atoms with van der Waals surface area (Å²) in [4.78, 5) is 32.3. The summed E-state index contributed by atoms with van der Waals surface area (Å²) in [6, 6.07) is 9.04. The second-order valence-electron chi connectivity index (χ2n) is 10.1. The lowest BCUT2D eigenvalue weighted by atomic mass is 9.89. The second-order valence-corrected chi connectivity index (χ2v) is 10.1. The Hall–Kier alpha value is -2.08. The minimum Gasteiger partial charge on any atom is -0.336 e. The fourth-order valence-electron chi connectivity index (χ4n) is 5.62. The average Bonchev–Trinajstić information content (AvgIpc) is 2.84. The molecule has 3 amide bonds. The molecule has 2 heterocycles. The average molecular weight is 441 g/mol. The monoisotopic (exact) mass is 440 g/mol. The van der Waals surface area contributed by atoms with E-state index in [1.807, 2.05) is 35.8 Å².